The molecule has 0 aromatic heterocycles. The molecule has 0 bridgehead atoms. The summed E-state index contributed by atoms with van der Waals surface area (Å²) in [6.45, 7) is 0.966. The van der Waals surface area contributed by atoms with Crippen molar-refractivity contribution in [3.8, 4) is 0 Å². The number of hydrogen-bond donors (Lipinski definition) is 3. The van der Waals surface area contributed by atoms with Gasteiger partial charge in [-0.3, -0.25) is 9.59 Å². The minimum absolute atomic E-state index is 0.00416. The highest BCUT2D eigenvalue weighted by Gasteiger charge is 2.23. The Kier molecular flexibility index (Phi) is 8.28. The predicted molar refractivity (Wildman–Crippen MR) is 112 cm³/mol. The summed E-state index contributed by atoms with van der Waals surface area (Å²) in [5.74, 6) is -1.46. The van der Waals surface area contributed by atoms with Gasteiger partial charge in [-0.1, -0.05) is 30.3 Å². The quantitative estimate of drug-likeness (QED) is 0.409. The smallest absolute Gasteiger partial charge is 0.324 e. The minimum Gasteiger partial charge on any atom is -0.454 e. The number of nitrogens with two attached hydrogens (primary N) is 1. The van der Waals surface area contributed by atoms with E-state index in [2.05, 4.69) is 10.0 Å². The summed E-state index contributed by atoms with van der Waals surface area (Å²) in [6.07, 6.45) is 0.415. The van der Waals surface area contributed by atoms with E-state index in [9.17, 15) is 26.4 Å². The van der Waals surface area contributed by atoms with Crippen LogP contribution < -0.4 is 15.2 Å². The summed E-state index contributed by atoms with van der Waals surface area (Å²) in [5.41, 5.74) is 0.772. The van der Waals surface area contributed by atoms with Crippen molar-refractivity contribution in [3.63, 3.8) is 0 Å². The van der Waals surface area contributed by atoms with Gasteiger partial charge in [-0.2, -0.15) is 4.72 Å². The normalized spacial score (nSPS) is 12.7. The SMILES string of the molecule is C[C@H](NS(=O)(=O)c1ccccc1)C(=O)OCC(=O)NCCc1ccc(S(N)(=O)=O)cc1. The lowest BCUT2D eigenvalue weighted by molar-refractivity contribution is -0.149. The lowest BCUT2D eigenvalue weighted by Gasteiger charge is -2.14. The maximum absolute atomic E-state index is 12.2. The predicted octanol–water partition coefficient (Wildman–Crippen LogP) is -0.0971. The fourth-order valence-electron chi connectivity index (χ4n) is 2.45. The van der Waals surface area contributed by atoms with Crippen LogP contribution in [0.2, 0.25) is 0 Å². The Bertz CT molecular complexity index is 1120. The fraction of sp³-hybridized carbons (Fsp3) is 0.263. The molecule has 0 saturated carbocycles. The van der Waals surface area contributed by atoms with E-state index in [4.69, 9.17) is 9.88 Å². The molecule has 0 aliphatic carbocycles. The van der Waals surface area contributed by atoms with E-state index in [-0.39, 0.29) is 16.3 Å². The first-order chi connectivity index (χ1) is 14.5. The molecule has 12 heteroatoms. The topological polar surface area (TPSA) is 162 Å². The Morgan fingerprint density at radius 3 is 2.16 bits per heavy atom. The zero-order valence-electron chi connectivity index (χ0n) is 16.6. The van der Waals surface area contributed by atoms with Crippen LogP contribution in [-0.4, -0.2) is 47.9 Å². The van der Waals surface area contributed by atoms with Crippen molar-refractivity contribution in [2.24, 2.45) is 5.14 Å². The third kappa shape index (κ3) is 7.75. The van der Waals surface area contributed by atoms with Gasteiger partial charge in [0.1, 0.15) is 6.04 Å². The van der Waals surface area contributed by atoms with E-state index in [0.29, 0.717) is 6.42 Å². The van der Waals surface area contributed by atoms with Gasteiger partial charge in [0, 0.05) is 6.54 Å². The number of amides is 1. The van der Waals surface area contributed by atoms with Crippen LogP contribution in [0.5, 0.6) is 0 Å². The highest BCUT2D eigenvalue weighted by molar-refractivity contribution is 7.89. The standard InChI is InChI=1S/C19H23N3O7S2/c1-14(22-31(27,28)17-5-3-2-4-6-17)19(24)29-13-18(23)21-12-11-15-7-9-16(10-8-15)30(20,25)26/h2-10,14,22H,11-13H2,1H3,(H,21,23)(H2,20,25,26)/t14-/m0/s1. The Balaban J connectivity index is 1.74. The zero-order chi connectivity index (χ0) is 23.1. The summed E-state index contributed by atoms with van der Waals surface area (Å²) < 4.78 is 53.9. The maximum Gasteiger partial charge on any atom is 0.324 e. The number of primary sulfonamides is 1. The van der Waals surface area contributed by atoms with Crippen molar-refractivity contribution in [3.05, 3.63) is 60.2 Å². The monoisotopic (exact) mass is 469 g/mol. The molecule has 2 aromatic carbocycles. The lowest BCUT2D eigenvalue weighted by Crippen LogP contribution is -2.41. The van der Waals surface area contributed by atoms with E-state index >= 15 is 0 Å². The van der Waals surface area contributed by atoms with Gasteiger partial charge < -0.3 is 10.1 Å². The van der Waals surface area contributed by atoms with Crippen LogP contribution >= 0.6 is 0 Å². The molecule has 0 aliphatic heterocycles. The molecule has 31 heavy (non-hydrogen) atoms. The molecule has 0 fully saturated rings. The van der Waals surface area contributed by atoms with E-state index in [1.807, 2.05) is 0 Å². The second kappa shape index (κ2) is 10.5. The van der Waals surface area contributed by atoms with Crippen LogP contribution in [0.3, 0.4) is 0 Å². The summed E-state index contributed by atoms with van der Waals surface area (Å²) in [6, 6.07) is 12.2. The van der Waals surface area contributed by atoms with E-state index in [1.54, 1.807) is 30.3 Å². The third-order valence-corrected chi connectivity index (χ3v) is 6.56. The van der Waals surface area contributed by atoms with Crippen molar-refractivity contribution in [2.45, 2.75) is 29.2 Å². The summed E-state index contributed by atoms with van der Waals surface area (Å²) in [4.78, 5) is 23.8. The fourth-order valence-corrected chi connectivity index (χ4v) is 4.18. The molecular formula is C19H23N3O7S2. The number of esters is 1. The van der Waals surface area contributed by atoms with E-state index in [1.165, 1.54) is 31.2 Å². The van der Waals surface area contributed by atoms with Gasteiger partial charge in [0.15, 0.2) is 6.61 Å². The van der Waals surface area contributed by atoms with Crippen LogP contribution in [0.1, 0.15) is 12.5 Å². The van der Waals surface area contributed by atoms with Crippen molar-refractivity contribution < 1.29 is 31.2 Å². The van der Waals surface area contributed by atoms with Crippen LogP contribution in [-0.2, 0) is 40.8 Å². The lowest BCUT2D eigenvalue weighted by atomic mass is 10.1. The van der Waals surface area contributed by atoms with Crippen LogP contribution in [0, 0.1) is 0 Å². The first-order valence-electron chi connectivity index (χ1n) is 9.11. The van der Waals surface area contributed by atoms with Gasteiger partial charge in [-0.05, 0) is 43.2 Å². The molecule has 1 amide bonds. The van der Waals surface area contributed by atoms with Gasteiger partial charge in [-0.15, -0.1) is 0 Å². The number of nitrogens with one attached hydrogen (secondary N) is 2. The number of hydrogen-bond acceptors (Lipinski definition) is 7. The molecule has 0 heterocycles. The van der Waals surface area contributed by atoms with Gasteiger partial charge in [0.25, 0.3) is 5.91 Å². The highest BCUT2D eigenvalue weighted by atomic mass is 32.2. The third-order valence-electron chi connectivity index (χ3n) is 4.07. The first-order valence-corrected chi connectivity index (χ1v) is 12.1. The minimum atomic E-state index is -3.90. The Hall–Kier alpha value is -2.80. The molecule has 0 spiro atoms. The van der Waals surface area contributed by atoms with Crippen LogP contribution in [0.25, 0.3) is 0 Å². The van der Waals surface area contributed by atoms with Gasteiger partial charge >= 0.3 is 5.97 Å². The Morgan fingerprint density at radius 2 is 1.58 bits per heavy atom. The summed E-state index contributed by atoms with van der Waals surface area (Å²) in [5, 5.41) is 7.57. The zero-order valence-corrected chi connectivity index (χ0v) is 18.3. The molecule has 4 N–H and O–H groups in total. The number of rotatable bonds is 10. The van der Waals surface area contributed by atoms with Crippen molar-refractivity contribution in [1.29, 1.82) is 0 Å². The second-order valence-corrected chi connectivity index (χ2v) is 9.83. The summed E-state index contributed by atoms with van der Waals surface area (Å²) in [7, 11) is -7.66. The van der Waals surface area contributed by atoms with E-state index < -0.39 is 44.6 Å². The summed E-state index contributed by atoms with van der Waals surface area (Å²) >= 11 is 0. The Morgan fingerprint density at radius 1 is 0.968 bits per heavy atom. The van der Waals surface area contributed by atoms with E-state index in [0.717, 1.165) is 5.56 Å². The number of carbonyl (C=O) groups is 2. The molecule has 2 aromatic rings. The van der Waals surface area contributed by atoms with Crippen LogP contribution in [0.15, 0.2) is 64.4 Å². The van der Waals surface area contributed by atoms with Gasteiger partial charge in [0.2, 0.25) is 20.0 Å². The Labute approximate surface area is 180 Å². The molecule has 2 rings (SSSR count). The maximum atomic E-state index is 12.2. The number of sulfonamides is 2. The molecule has 1 atom stereocenters. The average Bonchev–Trinajstić information content (AvgIpc) is 2.72. The molecule has 168 valence electrons. The highest BCUT2D eigenvalue weighted by Crippen LogP contribution is 2.09. The van der Waals surface area contributed by atoms with Gasteiger partial charge in [0.05, 0.1) is 9.79 Å². The molecule has 0 radical (unpaired) electrons. The largest absolute Gasteiger partial charge is 0.454 e. The number of benzene rings is 2. The number of ether oxygens (including phenoxy) is 1. The molecular weight excluding hydrogens is 446 g/mol. The molecule has 0 saturated heterocycles. The van der Waals surface area contributed by atoms with Gasteiger partial charge in [-0.25, -0.2) is 22.0 Å². The van der Waals surface area contributed by atoms with Crippen molar-refractivity contribution in [2.75, 3.05) is 13.2 Å². The van der Waals surface area contributed by atoms with Crippen LogP contribution in [0.4, 0.5) is 0 Å². The molecule has 10 nitrogen and oxygen atoms in total. The average molecular weight is 470 g/mol. The van der Waals surface area contributed by atoms with Crippen molar-refractivity contribution in [1.82, 2.24) is 10.0 Å². The number of carbonyl (C=O) groups excluding carboxylic acids is 2. The second-order valence-electron chi connectivity index (χ2n) is 6.55. The molecule has 0 aliphatic rings. The van der Waals surface area contributed by atoms with Crippen molar-refractivity contribution >= 4 is 31.9 Å². The first kappa shape index (κ1) is 24.5. The molecule has 0 unspecified atom stereocenters.